The Hall–Kier alpha value is -1.84. The zero-order chi connectivity index (χ0) is 10.4. The highest BCUT2D eigenvalue weighted by Crippen LogP contribution is 2.09. The number of anilines is 1. The van der Waals surface area contributed by atoms with E-state index in [1.807, 2.05) is 6.92 Å². The Morgan fingerprint density at radius 2 is 2.50 bits per heavy atom. The Morgan fingerprint density at radius 3 is 3.14 bits per heavy atom. The van der Waals surface area contributed by atoms with Crippen LogP contribution in [-0.4, -0.2) is 17.6 Å². The van der Waals surface area contributed by atoms with Gasteiger partial charge in [0.15, 0.2) is 0 Å². The van der Waals surface area contributed by atoms with Gasteiger partial charge in [-0.25, -0.2) is 4.79 Å². The summed E-state index contributed by atoms with van der Waals surface area (Å²) in [7, 11) is 0. The van der Waals surface area contributed by atoms with Gasteiger partial charge in [-0.1, -0.05) is 6.08 Å². The first-order valence-electron chi connectivity index (χ1n) is 4.31. The molecular formula is C10H13N3O. The van der Waals surface area contributed by atoms with Crippen molar-refractivity contribution >= 4 is 11.7 Å². The molecule has 2 amide bonds. The zero-order valence-electron chi connectivity index (χ0n) is 8.08. The van der Waals surface area contributed by atoms with E-state index in [0.29, 0.717) is 12.2 Å². The molecule has 0 aliphatic heterocycles. The van der Waals surface area contributed by atoms with E-state index in [4.69, 9.17) is 0 Å². The summed E-state index contributed by atoms with van der Waals surface area (Å²) in [6.45, 7) is 5.79. The van der Waals surface area contributed by atoms with Gasteiger partial charge in [-0.2, -0.15) is 0 Å². The Bertz CT molecular complexity index is 336. The van der Waals surface area contributed by atoms with E-state index in [1.54, 1.807) is 24.4 Å². The molecule has 0 aliphatic carbocycles. The van der Waals surface area contributed by atoms with Gasteiger partial charge in [-0.3, -0.25) is 4.98 Å². The minimum atomic E-state index is -0.249. The van der Waals surface area contributed by atoms with Gasteiger partial charge in [0.05, 0.1) is 11.4 Å². The van der Waals surface area contributed by atoms with Crippen LogP contribution in [0.25, 0.3) is 0 Å². The molecule has 0 aliphatic rings. The molecule has 4 nitrogen and oxygen atoms in total. The number of hydrogen-bond acceptors (Lipinski definition) is 2. The van der Waals surface area contributed by atoms with E-state index in [0.717, 1.165) is 5.69 Å². The number of aromatic nitrogens is 1. The monoisotopic (exact) mass is 191 g/mol. The Morgan fingerprint density at radius 1 is 1.71 bits per heavy atom. The number of urea groups is 1. The highest BCUT2D eigenvalue weighted by Gasteiger charge is 2.01. The first-order valence-corrected chi connectivity index (χ1v) is 4.31. The number of pyridine rings is 1. The van der Waals surface area contributed by atoms with Gasteiger partial charge in [0.25, 0.3) is 0 Å². The lowest BCUT2D eigenvalue weighted by Gasteiger charge is -2.07. The van der Waals surface area contributed by atoms with Gasteiger partial charge >= 0.3 is 6.03 Å². The Labute approximate surface area is 83.0 Å². The fourth-order valence-corrected chi connectivity index (χ4v) is 0.948. The number of carbonyl (C=O) groups excluding carboxylic acids is 1. The summed E-state index contributed by atoms with van der Waals surface area (Å²) in [5.74, 6) is 0. The molecule has 14 heavy (non-hydrogen) atoms. The first-order chi connectivity index (χ1) is 6.74. The summed E-state index contributed by atoms with van der Waals surface area (Å²) in [5.41, 5.74) is 1.51. The number of carbonyl (C=O) groups is 1. The van der Waals surface area contributed by atoms with E-state index < -0.39 is 0 Å². The Kier molecular flexibility index (Phi) is 3.67. The predicted octanol–water partition coefficient (Wildman–Crippen LogP) is 1.70. The van der Waals surface area contributed by atoms with Crippen LogP contribution in [0.3, 0.4) is 0 Å². The van der Waals surface area contributed by atoms with E-state index in [1.165, 1.54) is 0 Å². The van der Waals surface area contributed by atoms with Crippen molar-refractivity contribution in [1.82, 2.24) is 10.3 Å². The van der Waals surface area contributed by atoms with Gasteiger partial charge in [0.2, 0.25) is 0 Å². The summed E-state index contributed by atoms with van der Waals surface area (Å²) in [6.07, 6.45) is 3.30. The number of hydrogen-bond donors (Lipinski definition) is 2. The molecule has 1 aromatic rings. The van der Waals surface area contributed by atoms with E-state index >= 15 is 0 Å². The van der Waals surface area contributed by atoms with Crippen LogP contribution < -0.4 is 10.6 Å². The highest BCUT2D eigenvalue weighted by atomic mass is 16.2. The summed E-state index contributed by atoms with van der Waals surface area (Å²) in [4.78, 5) is 15.3. The number of amides is 2. The van der Waals surface area contributed by atoms with Crippen molar-refractivity contribution in [2.24, 2.45) is 0 Å². The van der Waals surface area contributed by atoms with Crippen LogP contribution in [0.1, 0.15) is 5.69 Å². The van der Waals surface area contributed by atoms with E-state index in [-0.39, 0.29) is 6.03 Å². The van der Waals surface area contributed by atoms with Crippen LogP contribution in [0, 0.1) is 6.92 Å². The van der Waals surface area contributed by atoms with Gasteiger partial charge in [0.1, 0.15) is 0 Å². The molecule has 0 spiro atoms. The average molecular weight is 191 g/mol. The molecule has 0 unspecified atom stereocenters. The maximum atomic E-state index is 11.2. The number of nitrogens with zero attached hydrogens (tertiary/aromatic N) is 1. The quantitative estimate of drug-likeness (QED) is 0.714. The number of aryl methyl sites for hydroxylation is 1. The molecule has 0 atom stereocenters. The van der Waals surface area contributed by atoms with Gasteiger partial charge in [-0.15, -0.1) is 6.58 Å². The lowest BCUT2D eigenvalue weighted by molar-refractivity contribution is 0.253. The van der Waals surface area contributed by atoms with Gasteiger partial charge in [0, 0.05) is 12.7 Å². The fraction of sp³-hybridized carbons (Fsp3) is 0.200. The molecule has 1 heterocycles. The summed E-state index contributed by atoms with van der Waals surface area (Å²) in [6, 6.07) is 3.33. The predicted molar refractivity (Wildman–Crippen MR) is 56.2 cm³/mol. The van der Waals surface area contributed by atoms with Crippen molar-refractivity contribution in [3.63, 3.8) is 0 Å². The van der Waals surface area contributed by atoms with Gasteiger partial charge in [-0.05, 0) is 19.1 Å². The summed E-state index contributed by atoms with van der Waals surface area (Å²) in [5, 5.41) is 5.30. The third kappa shape index (κ3) is 2.90. The SMILES string of the molecule is C=CCNC(=O)Nc1cccnc1C. The molecule has 2 N–H and O–H groups in total. The zero-order valence-corrected chi connectivity index (χ0v) is 8.08. The minimum absolute atomic E-state index is 0.249. The lowest BCUT2D eigenvalue weighted by atomic mass is 10.3. The third-order valence-corrected chi connectivity index (χ3v) is 1.66. The molecule has 0 aromatic carbocycles. The summed E-state index contributed by atoms with van der Waals surface area (Å²) < 4.78 is 0. The van der Waals surface area contributed by atoms with Gasteiger partial charge < -0.3 is 10.6 Å². The van der Waals surface area contributed by atoms with Crippen LogP contribution in [-0.2, 0) is 0 Å². The minimum Gasteiger partial charge on any atom is -0.334 e. The summed E-state index contributed by atoms with van der Waals surface area (Å²) >= 11 is 0. The molecule has 0 bridgehead atoms. The fourth-order valence-electron chi connectivity index (χ4n) is 0.948. The van der Waals surface area contributed by atoms with Crippen molar-refractivity contribution in [3.05, 3.63) is 36.7 Å². The van der Waals surface area contributed by atoms with E-state index in [2.05, 4.69) is 22.2 Å². The van der Waals surface area contributed by atoms with Crippen molar-refractivity contribution in [3.8, 4) is 0 Å². The molecule has 0 fully saturated rings. The smallest absolute Gasteiger partial charge is 0.319 e. The molecule has 1 rings (SSSR count). The van der Waals surface area contributed by atoms with Crippen LogP contribution in [0.5, 0.6) is 0 Å². The van der Waals surface area contributed by atoms with Crippen LogP contribution in [0.15, 0.2) is 31.0 Å². The molecular weight excluding hydrogens is 178 g/mol. The molecule has 0 radical (unpaired) electrons. The lowest BCUT2D eigenvalue weighted by Crippen LogP contribution is -2.28. The average Bonchev–Trinajstić information content (AvgIpc) is 2.18. The number of rotatable bonds is 3. The van der Waals surface area contributed by atoms with Crippen LogP contribution >= 0.6 is 0 Å². The Balaban J connectivity index is 2.56. The highest BCUT2D eigenvalue weighted by molar-refractivity contribution is 5.89. The molecule has 0 saturated heterocycles. The molecule has 74 valence electrons. The third-order valence-electron chi connectivity index (χ3n) is 1.66. The second kappa shape index (κ2) is 5.01. The normalized spacial score (nSPS) is 9.21. The molecule has 4 heteroatoms. The van der Waals surface area contributed by atoms with Crippen molar-refractivity contribution < 1.29 is 4.79 Å². The molecule has 1 aromatic heterocycles. The molecule has 0 saturated carbocycles. The van der Waals surface area contributed by atoms with Crippen LogP contribution in [0.2, 0.25) is 0 Å². The first kappa shape index (κ1) is 10.2. The topological polar surface area (TPSA) is 54.0 Å². The maximum absolute atomic E-state index is 11.2. The second-order valence-electron chi connectivity index (χ2n) is 2.76. The largest absolute Gasteiger partial charge is 0.334 e. The maximum Gasteiger partial charge on any atom is 0.319 e. The van der Waals surface area contributed by atoms with Crippen LogP contribution in [0.4, 0.5) is 10.5 Å². The van der Waals surface area contributed by atoms with Crippen molar-refractivity contribution in [2.75, 3.05) is 11.9 Å². The van der Waals surface area contributed by atoms with E-state index in [9.17, 15) is 4.79 Å². The standard InChI is InChI=1S/C10H13N3O/c1-3-6-12-10(14)13-9-5-4-7-11-8(9)2/h3-5,7H,1,6H2,2H3,(H2,12,13,14). The van der Waals surface area contributed by atoms with Crippen molar-refractivity contribution in [2.45, 2.75) is 6.92 Å². The number of nitrogens with one attached hydrogen (secondary N) is 2. The van der Waals surface area contributed by atoms with Crippen molar-refractivity contribution in [1.29, 1.82) is 0 Å². The second-order valence-corrected chi connectivity index (χ2v) is 2.76.